The molecular formula is C12H16N2O2. The summed E-state index contributed by atoms with van der Waals surface area (Å²) in [5.41, 5.74) is 1.89. The minimum absolute atomic E-state index is 0.250. The molecule has 0 aliphatic heterocycles. The van der Waals surface area contributed by atoms with Crippen LogP contribution in [0.25, 0.3) is 0 Å². The second kappa shape index (κ2) is 3.28. The van der Waals surface area contributed by atoms with Gasteiger partial charge < -0.3 is 15.5 Å². The predicted octanol–water partition coefficient (Wildman–Crippen LogP) is 1.26. The van der Waals surface area contributed by atoms with Gasteiger partial charge in [-0.1, -0.05) is 12.2 Å². The molecule has 0 radical (unpaired) electrons. The molecular weight excluding hydrogens is 204 g/mol. The lowest BCUT2D eigenvalue weighted by atomic mass is 10.0. The number of allylic oxidation sites excluding steroid dienone is 2. The molecule has 0 saturated heterocycles. The van der Waals surface area contributed by atoms with Gasteiger partial charge in [-0.05, 0) is 13.5 Å². The summed E-state index contributed by atoms with van der Waals surface area (Å²) in [6.07, 6.45) is 5.28. The van der Waals surface area contributed by atoms with Gasteiger partial charge in [0.2, 0.25) is 0 Å². The molecule has 3 N–H and O–H groups in total. The highest BCUT2D eigenvalue weighted by Gasteiger charge is 2.40. The normalized spacial score (nSPS) is 25.3. The maximum Gasteiger partial charge on any atom is 0.198 e. The average molecular weight is 220 g/mol. The van der Waals surface area contributed by atoms with Crippen molar-refractivity contribution in [1.29, 1.82) is 0 Å². The van der Waals surface area contributed by atoms with Crippen LogP contribution in [0.2, 0.25) is 0 Å². The van der Waals surface area contributed by atoms with Crippen molar-refractivity contribution in [2.45, 2.75) is 24.8 Å². The standard InChI is InChI=1S/C12H16N2O2/c1-13-4-5-14-11(15)9-7-2-3-8(6-7)10(9)12(14)16/h2-3,7-8,13,15-16H,4-6H2,1H3. The zero-order valence-electron chi connectivity index (χ0n) is 9.27. The van der Waals surface area contributed by atoms with E-state index in [4.69, 9.17) is 0 Å². The SMILES string of the molecule is CNCCn1c(O)c2c(c1O)C1C=CC2C1. The number of likely N-dealkylation sites (N-methyl/N-ethyl adjacent to an activating group) is 1. The summed E-state index contributed by atoms with van der Waals surface area (Å²) in [4.78, 5) is 0. The molecule has 3 rings (SSSR count). The zero-order valence-corrected chi connectivity index (χ0v) is 9.27. The first-order valence-corrected chi connectivity index (χ1v) is 5.71. The van der Waals surface area contributed by atoms with E-state index in [-0.39, 0.29) is 11.8 Å². The molecule has 2 atom stereocenters. The van der Waals surface area contributed by atoms with Gasteiger partial charge in [0.15, 0.2) is 11.8 Å². The molecule has 0 aromatic carbocycles. The largest absolute Gasteiger partial charge is 0.494 e. The van der Waals surface area contributed by atoms with Gasteiger partial charge >= 0.3 is 0 Å². The lowest BCUT2D eigenvalue weighted by molar-refractivity contribution is 0.360. The first-order valence-electron chi connectivity index (χ1n) is 5.71. The molecule has 2 aliphatic rings. The fourth-order valence-corrected chi connectivity index (χ4v) is 2.93. The number of aromatic hydroxyl groups is 2. The van der Waals surface area contributed by atoms with E-state index in [1.54, 1.807) is 4.57 Å². The van der Waals surface area contributed by atoms with Crippen LogP contribution >= 0.6 is 0 Å². The summed E-state index contributed by atoms with van der Waals surface area (Å²) in [5.74, 6) is 1.11. The van der Waals surface area contributed by atoms with Gasteiger partial charge in [-0.3, -0.25) is 4.57 Å². The summed E-state index contributed by atoms with van der Waals surface area (Å²) in [6, 6.07) is 0. The topological polar surface area (TPSA) is 57.4 Å². The van der Waals surface area contributed by atoms with Crippen LogP contribution in [0.5, 0.6) is 11.8 Å². The van der Waals surface area contributed by atoms with Crippen molar-refractivity contribution < 1.29 is 10.2 Å². The van der Waals surface area contributed by atoms with Crippen LogP contribution in [0, 0.1) is 0 Å². The minimum Gasteiger partial charge on any atom is -0.494 e. The lowest BCUT2D eigenvalue weighted by Crippen LogP contribution is -2.14. The fraction of sp³-hybridized carbons (Fsp3) is 0.500. The Morgan fingerprint density at radius 3 is 2.31 bits per heavy atom. The van der Waals surface area contributed by atoms with Gasteiger partial charge in [0.25, 0.3) is 0 Å². The van der Waals surface area contributed by atoms with E-state index < -0.39 is 0 Å². The molecule has 0 fully saturated rings. The fourth-order valence-electron chi connectivity index (χ4n) is 2.93. The second-order valence-corrected chi connectivity index (χ2v) is 4.56. The number of hydrogen-bond donors (Lipinski definition) is 3. The summed E-state index contributed by atoms with van der Waals surface area (Å²) < 4.78 is 1.60. The minimum atomic E-state index is 0.250. The van der Waals surface area contributed by atoms with Crippen LogP contribution in [0.3, 0.4) is 0 Å². The Morgan fingerprint density at radius 2 is 1.81 bits per heavy atom. The van der Waals surface area contributed by atoms with E-state index in [0.717, 1.165) is 24.1 Å². The molecule has 16 heavy (non-hydrogen) atoms. The summed E-state index contributed by atoms with van der Waals surface area (Å²) in [7, 11) is 1.86. The lowest BCUT2D eigenvalue weighted by Gasteiger charge is -2.09. The van der Waals surface area contributed by atoms with Gasteiger partial charge in [-0.15, -0.1) is 0 Å². The predicted molar refractivity (Wildman–Crippen MR) is 60.9 cm³/mol. The highest BCUT2D eigenvalue weighted by atomic mass is 16.3. The van der Waals surface area contributed by atoms with Crippen molar-refractivity contribution in [3.8, 4) is 11.8 Å². The van der Waals surface area contributed by atoms with Crippen molar-refractivity contribution in [3.05, 3.63) is 23.3 Å². The van der Waals surface area contributed by atoms with Gasteiger partial charge in [0.05, 0.1) is 0 Å². The van der Waals surface area contributed by atoms with E-state index in [2.05, 4.69) is 17.5 Å². The van der Waals surface area contributed by atoms with Crippen molar-refractivity contribution in [2.24, 2.45) is 0 Å². The quantitative estimate of drug-likeness (QED) is 0.672. The van der Waals surface area contributed by atoms with Crippen molar-refractivity contribution >= 4 is 0 Å². The Balaban J connectivity index is 2.04. The molecule has 1 heterocycles. The third-order valence-corrected chi connectivity index (χ3v) is 3.69. The Hall–Kier alpha value is -1.42. The van der Waals surface area contributed by atoms with Crippen LogP contribution in [0.4, 0.5) is 0 Å². The molecule has 0 spiro atoms. The van der Waals surface area contributed by atoms with Gasteiger partial charge in [0, 0.05) is 36.1 Å². The first-order chi connectivity index (χ1) is 7.74. The van der Waals surface area contributed by atoms with Crippen molar-refractivity contribution in [2.75, 3.05) is 13.6 Å². The van der Waals surface area contributed by atoms with Gasteiger partial charge in [0.1, 0.15) is 0 Å². The Bertz CT molecular complexity index is 427. The van der Waals surface area contributed by atoms with E-state index in [0.29, 0.717) is 18.4 Å². The second-order valence-electron chi connectivity index (χ2n) is 4.56. The van der Waals surface area contributed by atoms with Crippen LogP contribution in [0.1, 0.15) is 29.4 Å². The Labute approximate surface area is 94.2 Å². The van der Waals surface area contributed by atoms with Crippen LogP contribution in [-0.2, 0) is 6.54 Å². The molecule has 1 aromatic heterocycles. The molecule has 2 aliphatic carbocycles. The third kappa shape index (κ3) is 1.08. The number of fused-ring (bicyclic) bond motifs is 5. The Morgan fingerprint density at radius 1 is 1.25 bits per heavy atom. The monoisotopic (exact) mass is 220 g/mol. The molecule has 1 aromatic rings. The summed E-state index contributed by atoms with van der Waals surface area (Å²) in [5, 5.41) is 23.3. The van der Waals surface area contributed by atoms with Crippen molar-refractivity contribution in [1.82, 2.24) is 9.88 Å². The number of rotatable bonds is 3. The smallest absolute Gasteiger partial charge is 0.198 e. The summed E-state index contributed by atoms with van der Waals surface area (Å²) in [6.45, 7) is 1.33. The van der Waals surface area contributed by atoms with Crippen LogP contribution < -0.4 is 5.32 Å². The third-order valence-electron chi connectivity index (χ3n) is 3.69. The van der Waals surface area contributed by atoms with Gasteiger partial charge in [-0.25, -0.2) is 0 Å². The average Bonchev–Trinajstić information content (AvgIpc) is 2.92. The molecule has 86 valence electrons. The maximum atomic E-state index is 10.1. The Kier molecular flexibility index (Phi) is 2.01. The zero-order chi connectivity index (χ0) is 11.3. The molecule has 4 nitrogen and oxygen atoms in total. The van der Waals surface area contributed by atoms with Crippen LogP contribution in [0.15, 0.2) is 12.2 Å². The van der Waals surface area contributed by atoms with E-state index in [9.17, 15) is 10.2 Å². The highest BCUT2D eigenvalue weighted by molar-refractivity contribution is 5.58. The molecule has 2 bridgehead atoms. The molecule has 4 heteroatoms. The van der Waals surface area contributed by atoms with Crippen molar-refractivity contribution in [3.63, 3.8) is 0 Å². The molecule has 0 saturated carbocycles. The van der Waals surface area contributed by atoms with Crippen LogP contribution in [-0.4, -0.2) is 28.4 Å². The number of nitrogens with one attached hydrogen (secondary N) is 1. The maximum absolute atomic E-state index is 10.1. The number of hydrogen-bond acceptors (Lipinski definition) is 3. The first kappa shape index (κ1) is 9.78. The van der Waals surface area contributed by atoms with Gasteiger partial charge in [-0.2, -0.15) is 0 Å². The van der Waals surface area contributed by atoms with E-state index in [1.807, 2.05) is 7.05 Å². The number of aromatic nitrogens is 1. The summed E-state index contributed by atoms with van der Waals surface area (Å²) >= 11 is 0. The van der Waals surface area contributed by atoms with E-state index in [1.165, 1.54) is 0 Å². The van der Waals surface area contributed by atoms with E-state index >= 15 is 0 Å². The molecule has 2 unspecified atom stereocenters. The highest BCUT2D eigenvalue weighted by Crippen LogP contribution is 2.56. The molecule has 0 amide bonds. The number of nitrogens with zero attached hydrogens (tertiary/aromatic N) is 1.